The average molecular weight is 234 g/mol. The predicted molar refractivity (Wildman–Crippen MR) is 64.2 cm³/mol. The summed E-state index contributed by atoms with van der Waals surface area (Å²) in [6.07, 6.45) is 1.64. The molecule has 1 aliphatic heterocycles. The van der Waals surface area contributed by atoms with Crippen LogP contribution in [0.15, 0.2) is 30.0 Å². The van der Waals surface area contributed by atoms with Crippen LogP contribution in [0, 0.1) is 0 Å². The Morgan fingerprint density at radius 3 is 2.82 bits per heavy atom. The zero-order valence-corrected chi connectivity index (χ0v) is 9.74. The molecule has 0 atom stereocenters. The number of amides is 2. The zero-order chi connectivity index (χ0) is 12.3. The molecule has 1 heterocycles. The summed E-state index contributed by atoms with van der Waals surface area (Å²) in [6.45, 7) is 4.03. The van der Waals surface area contributed by atoms with Gasteiger partial charge in [0, 0.05) is 18.0 Å². The molecule has 17 heavy (non-hydrogen) atoms. The number of anilines is 1. The summed E-state index contributed by atoms with van der Waals surface area (Å²) in [5.41, 5.74) is 1.68. The maximum absolute atomic E-state index is 11.5. The lowest BCUT2D eigenvalue weighted by Crippen LogP contribution is -2.24. The van der Waals surface area contributed by atoms with Gasteiger partial charge < -0.3 is 20.1 Å². The van der Waals surface area contributed by atoms with Crippen LogP contribution in [0.5, 0.6) is 11.5 Å². The minimum atomic E-state index is -0.287. The van der Waals surface area contributed by atoms with Gasteiger partial charge in [0.15, 0.2) is 11.5 Å². The van der Waals surface area contributed by atoms with E-state index in [1.54, 1.807) is 24.4 Å². The molecule has 1 aromatic carbocycles. The van der Waals surface area contributed by atoms with Crippen molar-refractivity contribution >= 4 is 11.7 Å². The maximum Gasteiger partial charge on any atom is 0.323 e. The third-order valence-corrected chi connectivity index (χ3v) is 2.12. The van der Waals surface area contributed by atoms with Gasteiger partial charge in [0.1, 0.15) is 0 Å². The van der Waals surface area contributed by atoms with Gasteiger partial charge in [0.05, 0.1) is 0 Å². The fourth-order valence-electron chi connectivity index (χ4n) is 1.35. The molecule has 0 bridgehead atoms. The number of nitrogens with one attached hydrogen (secondary N) is 2. The molecular weight excluding hydrogens is 220 g/mol. The number of allylic oxidation sites excluding steroid dienone is 1. The van der Waals surface area contributed by atoms with Crippen LogP contribution < -0.4 is 20.1 Å². The van der Waals surface area contributed by atoms with Crippen molar-refractivity contribution in [3.05, 3.63) is 30.0 Å². The molecule has 1 aromatic rings. The van der Waals surface area contributed by atoms with Crippen LogP contribution in [0.25, 0.3) is 0 Å². The van der Waals surface area contributed by atoms with Crippen molar-refractivity contribution in [3.63, 3.8) is 0 Å². The Hall–Kier alpha value is -2.17. The number of carbonyl (C=O) groups excluding carboxylic acids is 1. The Morgan fingerprint density at radius 2 is 2.06 bits per heavy atom. The second-order valence-electron chi connectivity index (χ2n) is 3.89. The van der Waals surface area contributed by atoms with Crippen molar-refractivity contribution < 1.29 is 14.3 Å². The van der Waals surface area contributed by atoms with E-state index >= 15 is 0 Å². The van der Waals surface area contributed by atoms with Crippen molar-refractivity contribution in [2.45, 2.75) is 13.8 Å². The van der Waals surface area contributed by atoms with E-state index in [-0.39, 0.29) is 12.8 Å². The lowest BCUT2D eigenvalue weighted by molar-refractivity contribution is 0.174. The van der Waals surface area contributed by atoms with Gasteiger partial charge in [-0.15, -0.1) is 0 Å². The van der Waals surface area contributed by atoms with E-state index in [1.165, 1.54) is 0 Å². The van der Waals surface area contributed by atoms with Crippen LogP contribution in [0.3, 0.4) is 0 Å². The number of fused-ring (bicyclic) bond motifs is 1. The van der Waals surface area contributed by atoms with Crippen molar-refractivity contribution in [2.24, 2.45) is 0 Å². The number of hydrogen-bond acceptors (Lipinski definition) is 3. The van der Waals surface area contributed by atoms with Crippen LogP contribution in [0.4, 0.5) is 10.5 Å². The van der Waals surface area contributed by atoms with Crippen LogP contribution in [-0.2, 0) is 0 Å². The molecule has 5 heteroatoms. The van der Waals surface area contributed by atoms with Crippen LogP contribution in [0.1, 0.15) is 13.8 Å². The lowest BCUT2D eigenvalue weighted by atomic mass is 10.3. The highest BCUT2D eigenvalue weighted by Crippen LogP contribution is 2.34. The Labute approximate surface area is 99.4 Å². The van der Waals surface area contributed by atoms with Gasteiger partial charge in [-0.25, -0.2) is 4.79 Å². The van der Waals surface area contributed by atoms with E-state index in [2.05, 4.69) is 10.6 Å². The second-order valence-corrected chi connectivity index (χ2v) is 3.89. The monoisotopic (exact) mass is 234 g/mol. The molecule has 0 unspecified atom stereocenters. The van der Waals surface area contributed by atoms with Crippen molar-refractivity contribution in [1.82, 2.24) is 5.32 Å². The van der Waals surface area contributed by atoms with Crippen molar-refractivity contribution in [3.8, 4) is 11.5 Å². The summed E-state index contributed by atoms with van der Waals surface area (Å²) in [6, 6.07) is 4.96. The third kappa shape index (κ3) is 2.90. The summed E-state index contributed by atoms with van der Waals surface area (Å²) < 4.78 is 10.4. The van der Waals surface area contributed by atoms with Gasteiger partial charge in [-0.1, -0.05) is 5.57 Å². The predicted octanol–water partition coefficient (Wildman–Crippen LogP) is 2.46. The molecule has 0 radical (unpaired) electrons. The second kappa shape index (κ2) is 4.78. The minimum Gasteiger partial charge on any atom is -0.454 e. The van der Waals surface area contributed by atoms with Gasteiger partial charge >= 0.3 is 6.03 Å². The van der Waals surface area contributed by atoms with Gasteiger partial charge in [0.25, 0.3) is 0 Å². The molecular formula is C12H14N2O3. The first-order valence-electron chi connectivity index (χ1n) is 5.26. The van der Waals surface area contributed by atoms with Gasteiger partial charge in [-0.3, -0.25) is 0 Å². The Kier molecular flexibility index (Phi) is 3.18. The Bertz CT molecular complexity index is 465. The van der Waals surface area contributed by atoms with Crippen LogP contribution in [0.2, 0.25) is 0 Å². The molecule has 0 fully saturated rings. The molecule has 0 saturated carbocycles. The first-order chi connectivity index (χ1) is 8.15. The number of carbonyl (C=O) groups is 1. The fourth-order valence-corrected chi connectivity index (χ4v) is 1.35. The smallest absolute Gasteiger partial charge is 0.323 e. The van der Waals surface area contributed by atoms with Gasteiger partial charge in [-0.2, -0.15) is 0 Å². The molecule has 2 N–H and O–H groups in total. The number of benzene rings is 1. The molecule has 2 amide bonds. The van der Waals surface area contributed by atoms with Gasteiger partial charge in [0.2, 0.25) is 6.79 Å². The third-order valence-electron chi connectivity index (χ3n) is 2.12. The molecule has 1 aliphatic rings. The van der Waals surface area contributed by atoms with E-state index in [0.29, 0.717) is 17.2 Å². The molecule has 0 aromatic heterocycles. The zero-order valence-electron chi connectivity index (χ0n) is 9.74. The van der Waals surface area contributed by atoms with Crippen molar-refractivity contribution in [2.75, 3.05) is 12.1 Å². The van der Waals surface area contributed by atoms with Gasteiger partial charge in [-0.05, 0) is 26.0 Å². The highest BCUT2D eigenvalue weighted by molar-refractivity contribution is 5.90. The van der Waals surface area contributed by atoms with Crippen LogP contribution in [-0.4, -0.2) is 12.8 Å². The standard InChI is InChI=1S/C12H14N2O3/c1-8(2)6-13-12(15)14-9-3-4-10-11(5-9)17-7-16-10/h3-6H,7H2,1-2H3,(H2,13,14,15). The number of urea groups is 1. The molecule has 2 rings (SSSR count). The summed E-state index contributed by atoms with van der Waals surface area (Å²) >= 11 is 0. The summed E-state index contributed by atoms with van der Waals surface area (Å²) in [7, 11) is 0. The Morgan fingerprint density at radius 1 is 1.29 bits per heavy atom. The molecule has 0 aliphatic carbocycles. The fraction of sp³-hybridized carbons (Fsp3) is 0.250. The highest BCUT2D eigenvalue weighted by atomic mass is 16.7. The number of rotatable bonds is 2. The SMILES string of the molecule is CC(C)=CNC(=O)Nc1ccc2c(c1)OCO2. The quantitative estimate of drug-likeness (QED) is 0.826. The van der Waals surface area contributed by atoms with E-state index in [0.717, 1.165) is 5.57 Å². The minimum absolute atomic E-state index is 0.225. The highest BCUT2D eigenvalue weighted by Gasteiger charge is 2.13. The maximum atomic E-state index is 11.5. The summed E-state index contributed by atoms with van der Waals surface area (Å²) in [4.78, 5) is 11.5. The van der Waals surface area contributed by atoms with E-state index in [1.807, 2.05) is 13.8 Å². The normalized spacial score (nSPS) is 11.9. The number of ether oxygens (including phenoxy) is 2. The van der Waals surface area contributed by atoms with Crippen LogP contribution >= 0.6 is 0 Å². The molecule has 0 saturated heterocycles. The number of hydrogen-bond donors (Lipinski definition) is 2. The van der Waals surface area contributed by atoms with E-state index in [4.69, 9.17) is 9.47 Å². The van der Waals surface area contributed by atoms with E-state index in [9.17, 15) is 4.79 Å². The lowest BCUT2D eigenvalue weighted by Gasteiger charge is -2.05. The molecule has 5 nitrogen and oxygen atoms in total. The molecule has 0 spiro atoms. The first kappa shape index (κ1) is 11.3. The summed E-state index contributed by atoms with van der Waals surface area (Å²) in [5, 5.41) is 5.31. The molecule has 90 valence electrons. The van der Waals surface area contributed by atoms with E-state index < -0.39 is 0 Å². The largest absolute Gasteiger partial charge is 0.454 e. The topological polar surface area (TPSA) is 59.6 Å². The van der Waals surface area contributed by atoms with Crippen molar-refractivity contribution in [1.29, 1.82) is 0 Å². The average Bonchev–Trinajstić information content (AvgIpc) is 2.73. The first-order valence-corrected chi connectivity index (χ1v) is 5.26. The Balaban J connectivity index is 1.99. The summed E-state index contributed by atoms with van der Waals surface area (Å²) in [5.74, 6) is 1.34.